The fraction of sp³-hybridized carbons (Fsp3) is 0.688. The number of hydrogen-bond donors (Lipinski definition) is 2. The lowest BCUT2D eigenvalue weighted by atomic mass is 10.1. The highest BCUT2D eigenvalue weighted by Gasteiger charge is 2.57. The van der Waals surface area contributed by atoms with E-state index in [-0.39, 0.29) is 23.9 Å². The van der Waals surface area contributed by atoms with E-state index in [0.717, 1.165) is 32.4 Å². The van der Waals surface area contributed by atoms with E-state index in [1.54, 1.807) is 0 Å². The second-order valence-corrected chi connectivity index (χ2v) is 6.95. The average molecular weight is 318 g/mol. The molecule has 2 aliphatic carbocycles. The lowest BCUT2D eigenvalue weighted by molar-refractivity contribution is -0.123. The highest BCUT2D eigenvalue weighted by atomic mass is 16.3. The molecule has 23 heavy (non-hydrogen) atoms. The van der Waals surface area contributed by atoms with Gasteiger partial charge in [-0.15, -0.1) is 0 Å². The van der Waals surface area contributed by atoms with Crippen LogP contribution >= 0.6 is 0 Å². The number of fused-ring (bicyclic) bond motifs is 1. The quantitative estimate of drug-likeness (QED) is 0.794. The third-order valence-electron chi connectivity index (χ3n) is 5.36. The second kappa shape index (κ2) is 5.33. The van der Waals surface area contributed by atoms with E-state index in [1.165, 1.54) is 6.26 Å². The Morgan fingerprint density at radius 3 is 2.70 bits per heavy atom. The first-order chi connectivity index (χ1) is 11.1. The van der Waals surface area contributed by atoms with Gasteiger partial charge in [-0.1, -0.05) is 6.92 Å². The van der Waals surface area contributed by atoms with Crippen molar-refractivity contribution < 1.29 is 14.0 Å². The van der Waals surface area contributed by atoms with Crippen LogP contribution in [0.2, 0.25) is 0 Å². The number of primary amides is 1. The van der Waals surface area contributed by atoms with Crippen LogP contribution in [-0.4, -0.2) is 46.9 Å². The van der Waals surface area contributed by atoms with Crippen molar-refractivity contribution in [3.05, 3.63) is 17.8 Å². The number of nitrogens with two attached hydrogens (primary N) is 1. The maximum atomic E-state index is 12.2. The number of carbonyl (C=O) groups excluding carboxylic acids is 2. The zero-order valence-corrected chi connectivity index (χ0v) is 13.2. The summed E-state index contributed by atoms with van der Waals surface area (Å²) in [5.41, 5.74) is 5.81. The van der Waals surface area contributed by atoms with Crippen molar-refractivity contribution in [2.45, 2.75) is 44.2 Å². The van der Waals surface area contributed by atoms with Crippen molar-refractivity contribution in [2.24, 2.45) is 17.6 Å². The first kappa shape index (κ1) is 14.7. The lowest BCUT2D eigenvalue weighted by Gasteiger charge is -2.26. The van der Waals surface area contributed by atoms with Crippen LogP contribution in [0.4, 0.5) is 0 Å². The molecule has 0 aromatic carbocycles. The summed E-state index contributed by atoms with van der Waals surface area (Å²) in [5.74, 6) is 1.51. The maximum Gasteiger partial charge on any atom is 0.273 e. The zero-order chi connectivity index (χ0) is 16.1. The Hall–Kier alpha value is -1.89. The minimum Gasteiger partial charge on any atom is -0.448 e. The van der Waals surface area contributed by atoms with Crippen molar-refractivity contribution in [3.63, 3.8) is 0 Å². The smallest absolute Gasteiger partial charge is 0.273 e. The molecule has 2 amide bonds. The molecule has 3 N–H and O–H groups in total. The number of oxazole rings is 1. The van der Waals surface area contributed by atoms with Crippen molar-refractivity contribution in [3.8, 4) is 0 Å². The highest BCUT2D eigenvalue weighted by Crippen LogP contribution is 2.46. The number of piperidine rings is 1. The van der Waals surface area contributed by atoms with Crippen molar-refractivity contribution in [1.29, 1.82) is 0 Å². The number of nitrogens with zero attached hydrogens (tertiary/aromatic N) is 2. The molecular formula is C16H22N4O3. The van der Waals surface area contributed by atoms with Crippen molar-refractivity contribution in [1.82, 2.24) is 15.2 Å². The second-order valence-electron chi connectivity index (χ2n) is 6.95. The largest absolute Gasteiger partial charge is 0.448 e. The number of aromatic nitrogens is 1. The first-order valence-corrected chi connectivity index (χ1v) is 8.38. The van der Waals surface area contributed by atoms with Gasteiger partial charge in [-0.25, -0.2) is 4.98 Å². The van der Waals surface area contributed by atoms with Gasteiger partial charge in [0.05, 0.1) is 6.04 Å². The third-order valence-corrected chi connectivity index (χ3v) is 5.36. The molecule has 2 saturated carbocycles. The molecule has 7 nitrogen and oxygen atoms in total. The molecule has 4 atom stereocenters. The minimum atomic E-state index is -0.260. The van der Waals surface area contributed by atoms with Gasteiger partial charge < -0.3 is 15.5 Å². The SMILES string of the molecule is CCC(C(N)=O)N1C[C@@H]2C(NC(=O)c3coc(C4CC4)n3)[C@@H]2C1. The van der Waals surface area contributed by atoms with Gasteiger partial charge in [-0.2, -0.15) is 0 Å². The zero-order valence-electron chi connectivity index (χ0n) is 13.2. The summed E-state index contributed by atoms with van der Waals surface area (Å²) in [6, 6.07) is 0.000926. The van der Waals surface area contributed by atoms with Crippen LogP contribution in [0, 0.1) is 11.8 Å². The Bertz CT molecular complexity index is 627. The molecule has 2 heterocycles. The molecule has 124 valence electrons. The summed E-state index contributed by atoms with van der Waals surface area (Å²) in [7, 11) is 0. The summed E-state index contributed by atoms with van der Waals surface area (Å²) in [6.07, 6.45) is 4.38. The summed E-state index contributed by atoms with van der Waals surface area (Å²) in [5, 5.41) is 3.05. The number of carbonyl (C=O) groups is 2. The molecule has 2 unspecified atom stereocenters. The molecule has 1 aromatic heterocycles. The first-order valence-electron chi connectivity index (χ1n) is 8.38. The number of rotatable bonds is 6. The highest BCUT2D eigenvalue weighted by molar-refractivity contribution is 5.92. The number of amides is 2. The van der Waals surface area contributed by atoms with Crippen LogP contribution in [0.25, 0.3) is 0 Å². The van der Waals surface area contributed by atoms with E-state index >= 15 is 0 Å². The molecule has 1 saturated heterocycles. The molecule has 0 radical (unpaired) electrons. The maximum absolute atomic E-state index is 12.2. The number of likely N-dealkylation sites (tertiary alicyclic amines) is 1. The Morgan fingerprint density at radius 2 is 2.13 bits per heavy atom. The predicted octanol–water partition coefficient (Wildman–Crippen LogP) is 0.476. The number of nitrogens with one attached hydrogen (secondary N) is 1. The Labute approximate surface area is 134 Å². The van der Waals surface area contributed by atoms with Gasteiger partial charge in [-0.3, -0.25) is 14.5 Å². The van der Waals surface area contributed by atoms with Crippen LogP contribution < -0.4 is 11.1 Å². The summed E-state index contributed by atoms with van der Waals surface area (Å²) in [4.78, 5) is 30.1. The third kappa shape index (κ3) is 2.63. The van der Waals surface area contributed by atoms with Crippen molar-refractivity contribution in [2.75, 3.05) is 13.1 Å². The van der Waals surface area contributed by atoms with Crippen molar-refractivity contribution >= 4 is 11.8 Å². The van der Waals surface area contributed by atoms with Crippen LogP contribution in [0.15, 0.2) is 10.7 Å². The molecule has 0 bridgehead atoms. The van der Waals surface area contributed by atoms with Crippen LogP contribution in [0.1, 0.15) is 48.5 Å². The molecule has 7 heteroatoms. The summed E-state index contributed by atoms with van der Waals surface area (Å²) >= 11 is 0. The Balaban J connectivity index is 1.31. The van der Waals surface area contributed by atoms with Gasteiger partial charge in [0.2, 0.25) is 5.91 Å². The van der Waals surface area contributed by atoms with E-state index in [2.05, 4.69) is 15.2 Å². The van der Waals surface area contributed by atoms with Crippen LogP contribution in [0.3, 0.4) is 0 Å². The van der Waals surface area contributed by atoms with Gasteiger partial charge in [0.25, 0.3) is 5.91 Å². The molecule has 1 aliphatic heterocycles. The van der Waals surface area contributed by atoms with Crippen LogP contribution in [0.5, 0.6) is 0 Å². The molecular weight excluding hydrogens is 296 g/mol. The van der Waals surface area contributed by atoms with E-state index in [0.29, 0.717) is 29.3 Å². The Kier molecular flexibility index (Phi) is 3.41. The van der Waals surface area contributed by atoms with Gasteiger partial charge in [0.15, 0.2) is 11.6 Å². The molecule has 3 fully saturated rings. The standard InChI is InChI=1S/C16H22N4O3/c1-2-12(14(17)21)20-5-9-10(6-20)13(9)19-15(22)11-7-23-16(18-11)8-3-4-8/h7-10,12-13H,2-6H2,1H3,(H2,17,21)(H,19,22)/t9-,10+,12?,13?. The fourth-order valence-electron chi connectivity index (χ4n) is 3.80. The summed E-state index contributed by atoms with van der Waals surface area (Å²) < 4.78 is 5.36. The normalized spacial score (nSPS) is 30.7. The average Bonchev–Trinajstić information content (AvgIpc) is 3.35. The predicted molar refractivity (Wildman–Crippen MR) is 81.6 cm³/mol. The van der Waals surface area contributed by atoms with E-state index < -0.39 is 0 Å². The summed E-state index contributed by atoms with van der Waals surface area (Å²) in [6.45, 7) is 3.62. The fourth-order valence-corrected chi connectivity index (χ4v) is 3.80. The monoisotopic (exact) mass is 318 g/mol. The minimum absolute atomic E-state index is 0.159. The van der Waals surface area contributed by atoms with Gasteiger partial charge >= 0.3 is 0 Å². The Morgan fingerprint density at radius 1 is 1.43 bits per heavy atom. The van der Waals surface area contributed by atoms with Crippen LogP contribution in [-0.2, 0) is 4.79 Å². The number of hydrogen-bond acceptors (Lipinski definition) is 5. The molecule has 1 aromatic rings. The molecule has 4 rings (SSSR count). The topological polar surface area (TPSA) is 101 Å². The van der Waals surface area contributed by atoms with Gasteiger partial charge in [0, 0.05) is 25.0 Å². The van der Waals surface area contributed by atoms with Gasteiger partial charge in [0.1, 0.15) is 6.26 Å². The van der Waals surface area contributed by atoms with E-state index in [1.807, 2.05) is 6.92 Å². The molecule has 0 spiro atoms. The van der Waals surface area contributed by atoms with Gasteiger partial charge in [-0.05, 0) is 31.1 Å². The lowest BCUT2D eigenvalue weighted by Crippen LogP contribution is -2.46. The van der Waals surface area contributed by atoms with E-state index in [4.69, 9.17) is 10.2 Å². The van der Waals surface area contributed by atoms with E-state index in [9.17, 15) is 9.59 Å². The molecule has 3 aliphatic rings.